The number of aromatic nitrogens is 1. The predicted octanol–water partition coefficient (Wildman–Crippen LogP) is 11.7. The van der Waals surface area contributed by atoms with Gasteiger partial charge in [0.2, 0.25) is 0 Å². The maximum atomic E-state index is 6.75. The molecule has 9 rings (SSSR count). The van der Waals surface area contributed by atoms with E-state index >= 15 is 0 Å². The van der Waals surface area contributed by atoms with Gasteiger partial charge >= 0.3 is 0 Å². The Morgan fingerprint density at radius 2 is 0.956 bits per heavy atom. The van der Waals surface area contributed by atoms with Crippen LogP contribution in [0, 0.1) is 0 Å². The summed E-state index contributed by atoms with van der Waals surface area (Å²) in [6.07, 6.45) is 0. The average molecular weight is 577 g/mol. The second kappa shape index (κ2) is 10.3. The number of para-hydroxylation sites is 3. The highest BCUT2D eigenvalue weighted by molar-refractivity contribution is 6.13. The van der Waals surface area contributed by atoms with E-state index in [2.05, 4.69) is 179 Å². The van der Waals surface area contributed by atoms with Crippen molar-refractivity contribution in [2.75, 3.05) is 4.90 Å². The largest absolute Gasteiger partial charge is 0.453 e. The van der Waals surface area contributed by atoms with Crippen molar-refractivity contribution < 1.29 is 4.74 Å². The number of ether oxygens (including phenoxy) is 1. The molecular formula is C42H28N2O. The molecule has 1 aliphatic heterocycles. The van der Waals surface area contributed by atoms with E-state index in [1.54, 1.807) is 0 Å². The molecule has 2 heterocycles. The maximum Gasteiger partial charge on any atom is 0.152 e. The number of nitrogens with zero attached hydrogens (tertiary/aromatic N) is 2. The summed E-state index contributed by atoms with van der Waals surface area (Å²) in [4.78, 5) is 2.28. The summed E-state index contributed by atoms with van der Waals surface area (Å²) < 4.78 is 9.11. The summed E-state index contributed by atoms with van der Waals surface area (Å²) in [5, 5.41) is 2.43. The van der Waals surface area contributed by atoms with E-state index in [0.717, 1.165) is 56.5 Å². The molecule has 0 amide bonds. The van der Waals surface area contributed by atoms with Gasteiger partial charge in [0, 0.05) is 27.8 Å². The van der Waals surface area contributed by atoms with Gasteiger partial charge < -0.3 is 14.2 Å². The zero-order valence-corrected chi connectivity index (χ0v) is 24.5. The number of rotatable bonds is 5. The van der Waals surface area contributed by atoms with E-state index in [9.17, 15) is 0 Å². The minimum absolute atomic E-state index is 0.854. The fourth-order valence-electron chi connectivity index (χ4n) is 6.67. The van der Waals surface area contributed by atoms with Crippen LogP contribution >= 0.6 is 0 Å². The van der Waals surface area contributed by atoms with Gasteiger partial charge in [-0.2, -0.15) is 0 Å². The summed E-state index contributed by atoms with van der Waals surface area (Å²) in [6.45, 7) is 0. The van der Waals surface area contributed by atoms with E-state index in [1.165, 1.54) is 21.9 Å². The minimum atomic E-state index is 0.854. The van der Waals surface area contributed by atoms with Gasteiger partial charge in [0.15, 0.2) is 11.5 Å². The van der Waals surface area contributed by atoms with Crippen molar-refractivity contribution in [2.24, 2.45) is 0 Å². The van der Waals surface area contributed by atoms with Crippen molar-refractivity contribution in [3.63, 3.8) is 0 Å². The molecule has 7 aromatic carbocycles. The molecule has 212 valence electrons. The third-order valence-electron chi connectivity index (χ3n) is 8.75. The highest BCUT2D eigenvalue weighted by atomic mass is 16.5. The lowest BCUT2D eigenvalue weighted by Crippen LogP contribution is -2.09. The molecule has 0 fully saturated rings. The van der Waals surface area contributed by atoms with Crippen LogP contribution in [0.15, 0.2) is 170 Å². The standard InChI is InChI=1S/C42H28N2O/c1-4-12-29(13-5-1)32-26-37-36-18-10-11-19-38(36)44-39-25-22-31(27-40(39)45-41(28-32)42(37)44)30-20-23-35(24-21-30)43(33-14-6-2-7-15-33)34-16-8-3-9-17-34/h1-28H. The second-order valence-electron chi connectivity index (χ2n) is 11.4. The fourth-order valence-corrected chi connectivity index (χ4v) is 6.67. The Hall–Kier alpha value is -6.06. The molecule has 3 nitrogen and oxygen atoms in total. The minimum Gasteiger partial charge on any atom is -0.453 e. The molecule has 0 N–H and O–H groups in total. The number of anilines is 3. The van der Waals surface area contributed by atoms with Crippen molar-refractivity contribution in [2.45, 2.75) is 0 Å². The van der Waals surface area contributed by atoms with Crippen LogP contribution in [0.5, 0.6) is 11.5 Å². The van der Waals surface area contributed by atoms with Crippen molar-refractivity contribution in [1.29, 1.82) is 0 Å². The summed E-state index contributed by atoms with van der Waals surface area (Å²) in [6, 6.07) is 60.0. The summed E-state index contributed by atoms with van der Waals surface area (Å²) in [7, 11) is 0. The molecule has 8 aromatic rings. The summed E-state index contributed by atoms with van der Waals surface area (Å²) in [5.74, 6) is 1.73. The van der Waals surface area contributed by atoms with Crippen molar-refractivity contribution in [3.8, 4) is 39.4 Å². The van der Waals surface area contributed by atoms with Crippen LogP contribution in [0.2, 0.25) is 0 Å². The van der Waals surface area contributed by atoms with Gasteiger partial charge in [-0.3, -0.25) is 0 Å². The Balaban J connectivity index is 1.14. The molecule has 3 heteroatoms. The molecule has 0 atom stereocenters. The van der Waals surface area contributed by atoms with E-state index in [4.69, 9.17) is 4.74 Å². The lowest BCUT2D eigenvalue weighted by atomic mass is 10.0. The topological polar surface area (TPSA) is 17.4 Å². The fraction of sp³-hybridized carbons (Fsp3) is 0. The maximum absolute atomic E-state index is 6.75. The van der Waals surface area contributed by atoms with Crippen LogP contribution in [0.25, 0.3) is 49.7 Å². The monoisotopic (exact) mass is 576 g/mol. The molecule has 1 aromatic heterocycles. The zero-order valence-electron chi connectivity index (χ0n) is 24.5. The van der Waals surface area contributed by atoms with Gasteiger partial charge in [-0.25, -0.2) is 0 Å². The van der Waals surface area contributed by atoms with Gasteiger partial charge in [0.05, 0.1) is 16.7 Å². The lowest BCUT2D eigenvalue weighted by molar-refractivity contribution is 0.477. The van der Waals surface area contributed by atoms with Gasteiger partial charge in [0.1, 0.15) is 0 Å². The number of fused-ring (bicyclic) bond motifs is 5. The molecule has 1 aliphatic rings. The molecular weight excluding hydrogens is 548 g/mol. The van der Waals surface area contributed by atoms with Gasteiger partial charge in [0.25, 0.3) is 0 Å². The Labute approximate surface area is 261 Å². The van der Waals surface area contributed by atoms with Crippen LogP contribution in [-0.2, 0) is 0 Å². The first-order chi connectivity index (χ1) is 22.3. The Morgan fingerprint density at radius 1 is 0.400 bits per heavy atom. The van der Waals surface area contributed by atoms with Crippen molar-refractivity contribution >= 4 is 38.9 Å². The Bertz CT molecular complexity index is 2280. The molecule has 0 aliphatic carbocycles. The molecule has 45 heavy (non-hydrogen) atoms. The molecule has 0 radical (unpaired) electrons. The second-order valence-corrected chi connectivity index (χ2v) is 11.4. The van der Waals surface area contributed by atoms with Crippen molar-refractivity contribution in [1.82, 2.24) is 4.57 Å². The Morgan fingerprint density at radius 3 is 1.67 bits per heavy atom. The Kier molecular flexibility index (Phi) is 5.82. The van der Waals surface area contributed by atoms with E-state index < -0.39 is 0 Å². The third kappa shape index (κ3) is 4.21. The van der Waals surface area contributed by atoms with Gasteiger partial charge in [-0.1, -0.05) is 103 Å². The van der Waals surface area contributed by atoms with Crippen LogP contribution < -0.4 is 9.64 Å². The summed E-state index contributed by atoms with van der Waals surface area (Å²) >= 11 is 0. The SMILES string of the molecule is c1ccc(-c2cc3c4c(c2)c2ccccc2n4-c2ccc(-c4ccc(N(c5ccccc5)c5ccccc5)cc4)cc2O3)cc1. The average Bonchev–Trinajstić information content (AvgIpc) is 3.45. The van der Waals surface area contributed by atoms with E-state index in [-0.39, 0.29) is 0 Å². The first kappa shape index (κ1) is 25.4. The zero-order chi connectivity index (χ0) is 29.7. The molecule has 0 spiro atoms. The van der Waals surface area contributed by atoms with E-state index in [1.807, 2.05) is 0 Å². The number of hydrogen-bond acceptors (Lipinski definition) is 2. The molecule has 0 bridgehead atoms. The van der Waals surface area contributed by atoms with Crippen LogP contribution in [0.1, 0.15) is 0 Å². The normalized spacial score (nSPS) is 11.7. The quantitative estimate of drug-likeness (QED) is 0.203. The van der Waals surface area contributed by atoms with Crippen LogP contribution in [0.3, 0.4) is 0 Å². The third-order valence-corrected chi connectivity index (χ3v) is 8.75. The van der Waals surface area contributed by atoms with Crippen LogP contribution in [0.4, 0.5) is 17.1 Å². The smallest absolute Gasteiger partial charge is 0.152 e. The number of hydrogen-bond donors (Lipinski definition) is 0. The number of benzene rings is 7. The lowest BCUT2D eigenvalue weighted by Gasteiger charge is -2.25. The summed E-state index contributed by atoms with van der Waals surface area (Å²) in [5.41, 5.74) is 11.3. The van der Waals surface area contributed by atoms with Gasteiger partial charge in [-0.05, 0) is 89.0 Å². The van der Waals surface area contributed by atoms with Crippen molar-refractivity contribution in [3.05, 3.63) is 170 Å². The highest BCUT2D eigenvalue weighted by Gasteiger charge is 2.25. The molecule has 0 saturated carbocycles. The predicted molar refractivity (Wildman–Crippen MR) is 186 cm³/mol. The highest BCUT2D eigenvalue weighted by Crippen LogP contribution is 2.48. The molecule has 0 saturated heterocycles. The first-order valence-corrected chi connectivity index (χ1v) is 15.3. The first-order valence-electron chi connectivity index (χ1n) is 15.3. The van der Waals surface area contributed by atoms with Gasteiger partial charge in [-0.15, -0.1) is 0 Å². The van der Waals surface area contributed by atoms with Crippen LogP contribution in [-0.4, -0.2) is 4.57 Å². The van der Waals surface area contributed by atoms with E-state index in [0.29, 0.717) is 0 Å². The molecule has 0 unspecified atom stereocenters.